The van der Waals surface area contributed by atoms with Crippen molar-refractivity contribution in [1.82, 2.24) is 5.32 Å². The van der Waals surface area contributed by atoms with E-state index in [1.165, 1.54) is 121 Å². The fourth-order valence-corrected chi connectivity index (χ4v) is 6.52. The molecule has 0 aromatic carbocycles. The maximum Gasteiger partial charge on any atom is 0.253 e. The summed E-state index contributed by atoms with van der Waals surface area (Å²) in [6.07, 6.45) is 27.8. The van der Waals surface area contributed by atoms with Crippen molar-refractivity contribution >= 4 is 5.91 Å². The Morgan fingerprint density at radius 2 is 1.21 bits per heavy atom. The highest BCUT2D eigenvalue weighted by molar-refractivity contribution is 5.82. The number of aliphatic hydroxyl groups is 5. The van der Waals surface area contributed by atoms with Crippen LogP contribution in [0.4, 0.5) is 0 Å². The summed E-state index contributed by atoms with van der Waals surface area (Å²) in [4.78, 5) is 12.9. The zero-order chi connectivity index (χ0) is 38.4. The van der Waals surface area contributed by atoms with E-state index in [1.807, 2.05) is 12.2 Å². The first-order valence-electron chi connectivity index (χ1n) is 21.1. The van der Waals surface area contributed by atoms with E-state index in [0.717, 1.165) is 32.1 Å². The van der Waals surface area contributed by atoms with Crippen molar-refractivity contribution in [1.29, 1.82) is 0 Å². The average molecular weight is 738 g/mol. The SMILES string of the molecule is CCCCCCCCCCCCCC/C=C/C(O)C(=O)NC(CO[C@@H]1OC(C)C(O)C(O)C1O)C(O)/C=C/CC/C=C(\C)CCCCCCCCC. The highest BCUT2D eigenvalue weighted by Crippen LogP contribution is 2.22. The minimum Gasteiger partial charge on any atom is -0.388 e. The maximum atomic E-state index is 12.9. The molecule has 1 rings (SSSR count). The Kier molecular flexibility index (Phi) is 29.6. The molecule has 0 radical (unpaired) electrons. The topological polar surface area (TPSA) is 149 Å². The molecule has 0 spiro atoms. The normalized spacial score (nSPS) is 23.0. The molecule has 1 heterocycles. The number of aliphatic hydroxyl groups excluding tert-OH is 5. The quantitative estimate of drug-likeness (QED) is 0.0300. The van der Waals surface area contributed by atoms with Gasteiger partial charge in [0.1, 0.15) is 18.3 Å². The van der Waals surface area contributed by atoms with Crippen LogP contribution in [0.1, 0.15) is 175 Å². The van der Waals surface area contributed by atoms with Gasteiger partial charge in [-0.25, -0.2) is 0 Å². The summed E-state index contributed by atoms with van der Waals surface area (Å²) in [7, 11) is 0. The van der Waals surface area contributed by atoms with Gasteiger partial charge in [0.2, 0.25) is 0 Å². The largest absolute Gasteiger partial charge is 0.388 e. The van der Waals surface area contributed by atoms with E-state index >= 15 is 0 Å². The lowest BCUT2D eigenvalue weighted by Crippen LogP contribution is -2.58. The van der Waals surface area contributed by atoms with E-state index in [0.29, 0.717) is 6.42 Å². The van der Waals surface area contributed by atoms with Crippen LogP contribution in [0.3, 0.4) is 0 Å². The molecule has 1 aliphatic heterocycles. The predicted molar refractivity (Wildman–Crippen MR) is 212 cm³/mol. The van der Waals surface area contributed by atoms with Gasteiger partial charge in [-0.15, -0.1) is 0 Å². The van der Waals surface area contributed by atoms with Gasteiger partial charge in [0, 0.05) is 0 Å². The van der Waals surface area contributed by atoms with Gasteiger partial charge in [0.05, 0.1) is 24.9 Å². The van der Waals surface area contributed by atoms with Gasteiger partial charge in [0.25, 0.3) is 5.91 Å². The number of carbonyl (C=O) groups is 1. The van der Waals surface area contributed by atoms with Crippen LogP contribution in [0.5, 0.6) is 0 Å². The summed E-state index contributed by atoms with van der Waals surface area (Å²) in [5.41, 5.74) is 1.37. The molecule has 1 amide bonds. The Balaban J connectivity index is 2.55. The summed E-state index contributed by atoms with van der Waals surface area (Å²) in [5.74, 6) is -0.676. The number of nitrogens with one attached hydrogen (secondary N) is 1. The summed E-state index contributed by atoms with van der Waals surface area (Å²) in [6.45, 7) is 7.94. The van der Waals surface area contributed by atoms with Crippen LogP contribution in [-0.2, 0) is 14.3 Å². The minimum absolute atomic E-state index is 0.263. The maximum absolute atomic E-state index is 12.9. The van der Waals surface area contributed by atoms with E-state index in [4.69, 9.17) is 9.47 Å². The number of ether oxygens (including phenoxy) is 2. The molecule has 0 saturated carbocycles. The second kappa shape index (κ2) is 31.7. The molecule has 1 saturated heterocycles. The van der Waals surface area contributed by atoms with Crippen LogP contribution in [0.2, 0.25) is 0 Å². The van der Waals surface area contributed by atoms with Crippen LogP contribution >= 0.6 is 0 Å². The van der Waals surface area contributed by atoms with E-state index in [-0.39, 0.29) is 6.61 Å². The Labute approximate surface area is 317 Å². The number of allylic oxidation sites excluding steroid dienone is 4. The van der Waals surface area contributed by atoms with E-state index in [2.05, 4.69) is 32.2 Å². The molecule has 1 fully saturated rings. The van der Waals surface area contributed by atoms with Gasteiger partial charge in [0.15, 0.2) is 12.4 Å². The minimum atomic E-state index is -1.51. The third-order valence-corrected chi connectivity index (χ3v) is 10.1. The first-order valence-corrected chi connectivity index (χ1v) is 21.1. The van der Waals surface area contributed by atoms with Crippen LogP contribution in [-0.4, -0.2) is 87.0 Å². The number of hydrogen-bond acceptors (Lipinski definition) is 8. The number of hydrogen-bond donors (Lipinski definition) is 6. The number of rotatable bonds is 32. The lowest BCUT2D eigenvalue weighted by molar-refractivity contribution is -0.294. The molecule has 0 aliphatic carbocycles. The standard InChI is InChI=1S/C43H79NO8/c1-5-7-9-11-13-14-15-16-17-18-19-21-23-27-32-38(46)42(50)44-36(33-51-43-41(49)40(48)39(47)35(4)52-43)37(45)31-28-24-26-30-34(3)29-25-22-20-12-10-8-6-2/h27-28,30-32,35-41,43,45-49H,5-26,29,33H2,1-4H3,(H,44,50)/b31-28+,32-27+,34-30+/t35?,36?,37?,38?,39?,40?,41?,43-/m1/s1. The van der Waals surface area contributed by atoms with Crippen molar-refractivity contribution in [2.24, 2.45) is 0 Å². The molecular formula is C43H79NO8. The highest BCUT2D eigenvalue weighted by atomic mass is 16.7. The molecule has 9 nitrogen and oxygen atoms in total. The van der Waals surface area contributed by atoms with E-state index < -0.39 is 54.9 Å². The first-order chi connectivity index (χ1) is 25.1. The molecule has 0 aromatic heterocycles. The molecule has 304 valence electrons. The van der Waals surface area contributed by atoms with E-state index in [9.17, 15) is 30.3 Å². The molecular weight excluding hydrogens is 658 g/mol. The second-order valence-corrected chi connectivity index (χ2v) is 15.1. The smallest absolute Gasteiger partial charge is 0.253 e. The Morgan fingerprint density at radius 3 is 1.79 bits per heavy atom. The highest BCUT2D eigenvalue weighted by Gasteiger charge is 2.42. The van der Waals surface area contributed by atoms with Gasteiger partial charge in [-0.05, 0) is 52.4 Å². The summed E-state index contributed by atoms with van der Waals surface area (Å²) < 4.78 is 11.2. The van der Waals surface area contributed by atoms with Crippen LogP contribution in [0, 0.1) is 0 Å². The van der Waals surface area contributed by atoms with Crippen molar-refractivity contribution in [3.63, 3.8) is 0 Å². The van der Waals surface area contributed by atoms with Gasteiger partial charge in [-0.3, -0.25) is 4.79 Å². The van der Waals surface area contributed by atoms with Crippen LogP contribution < -0.4 is 5.32 Å². The second-order valence-electron chi connectivity index (χ2n) is 15.1. The summed E-state index contributed by atoms with van der Waals surface area (Å²) in [5, 5.41) is 54.8. The zero-order valence-electron chi connectivity index (χ0n) is 33.4. The van der Waals surface area contributed by atoms with Crippen molar-refractivity contribution in [2.45, 2.75) is 224 Å². The fourth-order valence-electron chi connectivity index (χ4n) is 6.52. The van der Waals surface area contributed by atoms with Crippen molar-refractivity contribution < 1.29 is 39.8 Å². The van der Waals surface area contributed by atoms with Gasteiger partial charge < -0.3 is 40.3 Å². The van der Waals surface area contributed by atoms with Gasteiger partial charge >= 0.3 is 0 Å². The zero-order valence-corrected chi connectivity index (χ0v) is 33.4. The Bertz CT molecular complexity index is 955. The average Bonchev–Trinajstić information content (AvgIpc) is 3.13. The third kappa shape index (κ3) is 23.3. The Hall–Kier alpha value is -1.59. The molecule has 0 aromatic rings. The van der Waals surface area contributed by atoms with Crippen LogP contribution in [0.25, 0.3) is 0 Å². The number of amides is 1. The van der Waals surface area contributed by atoms with Crippen molar-refractivity contribution in [3.05, 3.63) is 36.0 Å². The van der Waals surface area contributed by atoms with Gasteiger partial charge in [-0.2, -0.15) is 0 Å². The van der Waals surface area contributed by atoms with Crippen molar-refractivity contribution in [2.75, 3.05) is 6.61 Å². The first kappa shape index (κ1) is 48.4. The summed E-state index contributed by atoms with van der Waals surface area (Å²) >= 11 is 0. The lowest BCUT2D eigenvalue weighted by Gasteiger charge is -2.39. The fraction of sp³-hybridized carbons (Fsp3) is 0.837. The molecule has 0 bridgehead atoms. The number of unbranched alkanes of at least 4 members (excludes halogenated alkanes) is 19. The molecule has 1 aliphatic rings. The summed E-state index contributed by atoms with van der Waals surface area (Å²) in [6, 6.07) is -0.965. The predicted octanol–water partition coefficient (Wildman–Crippen LogP) is 8.11. The van der Waals surface area contributed by atoms with E-state index in [1.54, 1.807) is 13.0 Å². The van der Waals surface area contributed by atoms with Crippen molar-refractivity contribution in [3.8, 4) is 0 Å². The molecule has 52 heavy (non-hydrogen) atoms. The molecule has 8 atom stereocenters. The molecule has 9 heteroatoms. The molecule has 6 N–H and O–H groups in total. The van der Waals surface area contributed by atoms with Gasteiger partial charge in [-0.1, -0.05) is 159 Å². The molecule has 7 unspecified atom stereocenters. The Morgan fingerprint density at radius 1 is 0.692 bits per heavy atom. The monoisotopic (exact) mass is 738 g/mol. The third-order valence-electron chi connectivity index (χ3n) is 10.1. The number of carbonyl (C=O) groups excluding carboxylic acids is 1. The van der Waals surface area contributed by atoms with Crippen LogP contribution in [0.15, 0.2) is 36.0 Å². The lowest BCUT2D eigenvalue weighted by atomic mass is 10.00.